The standard InChI is InChI=1S/C18H23N3O4S/c1-25-17-5-3-15(4-6-17)13-18(22)20-11-12-21(26(2,23)24)14-16-7-9-19-10-8-16/h3-10H,11-14H2,1-2H3,(H,20,22). The molecule has 1 heterocycles. The number of amides is 1. The van der Waals surface area contributed by atoms with Crippen LogP contribution in [0.15, 0.2) is 48.8 Å². The lowest BCUT2D eigenvalue weighted by atomic mass is 10.1. The second kappa shape index (κ2) is 9.30. The largest absolute Gasteiger partial charge is 0.497 e. The molecule has 0 aliphatic carbocycles. The summed E-state index contributed by atoms with van der Waals surface area (Å²) in [6.45, 7) is 0.693. The Morgan fingerprint density at radius 3 is 2.35 bits per heavy atom. The number of nitrogens with one attached hydrogen (secondary N) is 1. The van der Waals surface area contributed by atoms with Gasteiger partial charge < -0.3 is 10.1 Å². The van der Waals surface area contributed by atoms with Crippen LogP contribution in [0.5, 0.6) is 5.75 Å². The van der Waals surface area contributed by atoms with E-state index in [1.54, 1.807) is 43.8 Å². The highest BCUT2D eigenvalue weighted by atomic mass is 32.2. The summed E-state index contributed by atoms with van der Waals surface area (Å²) in [4.78, 5) is 16.0. The number of ether oxygens (including phenoxy) is 1. The lowest BCUT2D eigenvalue weighted by Crippen LogP contribution is -2.38. The molecule has 1 N–H and O–H groups in total. The second-order valence-corrected chi connectivity index (χ2v) is 7.81. The van der Waals surface area contributed by atoms with Gasteiger partial charge in [-0.2, -0.15) is 4.31 Å². The SMILES string of the molecule is COc1ccc(CC(=O)NCCN(Cc2ccncc2)S(C)(=O)=O)cc1. The second-order valence-electron chi connectivity index (χ2n) is 5.83. The molecule has 0 saturated heterocycles. The maximum Gasteiger partial charge on any atom is 0.224 e. The van der Waals surface area contributed by atoms with Crippen molar-refractivity contribution in [2.24, 2.45) is 0 Å². The van der Waals surface area contributed by atoms with Gasteiger partial charge in [0.15, 0.2) is 0 Å². The molecular formula is C18H23N3O4S. The van der Waals surface area contributed by atoms with Crippen LogP contribution in [0.2, 0.25) is 0 Å². The lowest BCUT2D eigenvalue weighted by molar-refractivity contribution is -0.120. The molecule has 0 unspecified atom stereocenters. The normalized spacial score (nSPS) is 11.3. The maximum atomic E-state index is 12.0. The molecule has 0 atom stereocenters. The topological polar surface area (TPSA) is 88.6 Å². The van der Waals surface area contributed by atoms with E-state index in [4.69, 9.17) is 4.74 Å². The van der Waals surface area contributed by atoms with Crippen LogP contribution in [-0.4, -0.2) is 50.1 Å². The van der Waals surface area contributed by atoms with Crippen LogP contribution in [-0.2, 0) is 27.8 Å². The molecule has 0 spiro atoms. The van der Waals surface area contributed by atoms with Gasteiger partial charge in [-0.1, -0.05) is 12.1 Å². The molecule has 26 heavy (non-hydrogen) atoms. The van der Waals surface area contributed by atoms with E-state index in [9.17, 15) is 13.2 Å². The van der Waals surface area contributed by atoms with Crippen LogP contribution in [0.25, 0.3) is 0 Å². The molecule has 0 radical (unpaired) electrons. The van der Waals surface area contributed by atoms with Gasteiger partial charge in [-0.15, -0.1) is 0 Å². The van der Waals surface area contributed by atoms with E-state index in [-0.39, 0.29) is 32.0 Å². The number of hydrogen-bond acceptors (Lipinski definition) is 5. The summed E-state index contributed by atoms with van der Waals surface area (Å²) in [5.74, 6) is 0.571. The summed E-state index contributed by atoms with van der Waals surface area (Å²) in [6, 6.07) is 10.8. The lowest BCUT2D eigenvalue weighted by Gasteiger charge is -2.20. The van der Waals surface area contributed by atoms with Crippen molar-refractivity contribution in [3.05, 3.63) is 59.9 Å². The van der Waals surface area contributed by atoms with E-state index >= 15 is 0 Å². The molecule has 1 aromatic heterocycles. The Morgan fingerprint density at radius 1 is 1.12 bits per heavy atom. The summed E-state index contributed by atoms with van der Waals surface area (Å²) in [5, 5.41) is 2.76. The van der Waals surface area contributed by atoms with E-state index in [1.807, 2.05) is 12.1 Å². The highest BCUT2D eigenvalue weighted by molar-refractivity contribution is 7.88. The van der Waals surface area contributed by atoms with Gasteiger partial charge in [0.25, 0.3) is 0 Å². The predicted octanol–water partition coefficient (Wildman–Crippen LogP) is 1.21. The molecule has 0 fully saturated rings. The first-order valence-electron chi connectivity index (χ1n) is 8.12. The van der Waals surface area contributed by atoms with Gasteiger partial charge in [0.05, 0.1) is 19.8 Å². The predicted molar refractivity (Wildman–Crippen MR) is 99.2 cm³/mol. The van der Waals surface area contributed by atoms with Crippen molar-refractivity contribution < 1.29 is 17.9 Å². The van der Waals surface area contributed by atoms with Crippen LogP contribution in [0.1, 0.15) is 11.1 Å². The Kier molecular flexibility index (Phi) is 7.11. The minimum Gasteiger partial charge on any atom is -0.497 e. The third kappa shape index (κ3) is 6.45. The van der Waals surface area contributed by atoms with Gasteiger partial charge in [0.2, 0.25) is 15.9 Å². The first-order chi connectivity index (χ1) is 12.4. The average Bonchev–Trinajstić information content (AvgIpc) is 2.61. The number of sulfonamides is 1. The van der Waals surface area contributed by atoms with Crippen LogP contribution in [0.4, 0.5) is 0 Å². The zero-order chi connectivity index (χ0) is 19.0. The fourth-order valence-electron chi connectivity index (χ4n) is 2.37. The van der Waals surface area contributed by atoms with E-state index in [1.165, 1.54) is 4.31 Å². The molecule has 2 rings (SSSR count). The molecule has 0 bridgehead atoms. The number of aromatic nitrogens is 1. The number of carbonyl (C=O) groups excluding carboxylic acids is 1. The monoisotopic (exact) mass is 377 g/mol. The Morgan fingerprint density at radius 2 is 1.77 bits per heavy atom. The van der Waals surface area contributed by atoms with Crippen molar-refractivity contribution in [1.29, 1.82) is 0 Å². The highest BCUT2D eigenvalue weighted by Gasteiger charge is 2.17. The molecule has 8 heteroatoms. The number of rotatable bonds is 9. The zero-order valence-electron chi connectivity index (χ0n) is 14.9. The number of methoxy groups -OCH3 is 1. The fraction of sp³-hybridized carbons (Fsp3) is 0.333. The third-order valence-electron chi connectivity index (χ3n) is 3.78. The fourth-order valence-corrected chi connectivity index (χ4v) is 3.17. The van der Waals surface area contributed by atoms with Crippen molar-refractivity contribution in [3.63, 3.8) is 0 Å². The molecular weight excluding hydrogens is 354 g/mol. The van der Waals surface area contributed by atoms with E-state index in [0.717, 1.165) is 23.1 Å². The Hall–Kier alpha value is -2.45. The summed E-state index contributed by atoms with van der Waals surface area (Å²) in [6.07, 6.45) is 4.62. The number of benzene rings is 1. The Balaban J connectivity index is 1.85. The molecule has 0 aliphatic heterocycles. The van der Waals surface area contributed by atoms with E-state index < -0.39 is 10.0 Å². The molecule has 7 nitrogen and oxygen atoms in total. The molecule has 0 saturated carbocycles. The average molecular weight is 377 g/mol. The summed E-state index contributed by atoms with van der Waals surface area (Å²) < 4.78 is 30.3. The number of carbonyl (C=O) groups is 1. The smallest absolute Gasteiger partial charge is 0.224 e. The van der Waals surface area contributed by atoms with Gasteiger partial charge in [-0.05, 0) is 35.4 Å². The highest BCUT2D eigenvalue weighted by Crippen LogP contribution is 2.11. The van der Waals surface area contributed by atoms with Crippen LogP contribution in [0.3, 0.4) is 0 Å². The van der Waals surface area contributed by atoms with Crippen LogP contribution < -0.4 is 10.1 Å². The van der Waals surface area contributed by atoms with Gasteiger partial charge >= 0.3 is 0 Å². The molecule has 0 aliphatic rings. The van der Waals surface area contributed by atoms with Gasteiger partial charge in [0, 0.05) is 32.0 Å². The van der Waals surface area contributed by atoms with E-state index in [2.05, 4.69) is 10.3 Å². The minimum atomic E-state index is -3.38. The molecule has 2 aromatic rings. The molecule has 1 amide bonds. The third-order valence-corrected chi connectivity index (χ3v) is 5.03. The Labute approximate surface area is 154 Å². The van der Waals surface area contributed by atoms with E-state index in [0.29, 0.717) is 0 Å². The first-order valence-corrected chi connectivity index (χ1v) is 9.97. The van der Waals surface area contributed by atoms with Crippen molar-refractivity contribution in [1.82, 2.24) is 14.6 Å². The number of pyridine rings is 1. The quantitative estimate of drug-likeness (QED) is 0.710. The zero-order valence-corrected chi connectivity index (χ0v) is 15.7. The molecule has 140 valence electrons. The van der Waals surface area contributed by atoms with Gasteiger partial charge in [-0.25, -0.2) is 8.42 Å². The summed E-state index contributed by atoms with van der Waals surface area (Å²) in [7, 11) is -1.80. The first kappa shape index (κ1) is 19.9. The van der Waals surface area contributed by atoms with Crippen LogP contribution >= 0.6 is 0 Å². The molecule has 1 aromatic carbocycles. The van der Waals surface area contributed by atoms with Crippen molar-refractivity contribution in [2.45, 2.75) is 13.0 Å². The minimum absolute atomic E-state index is 0.160. The summed E-state index contributed by atoms with van der Waals surface area (Å²) in [5.41, 5.74) is 1.70. The Bertz CT molecular complexity index is 808. The maximum absolute atomic E-state index is 12.0. The number of nitrogens with zero attached hydrogens (tertiary/aromatic N) is 2. The van der Waals surface area contributed by atoms with Gasteiger partial charge in [0.1, 0.15) is 5.75 Å². The number of hydrogen-bond donors (Lipinski definition) is 1. The van der Waals surface area contributed by atoms with Crippen molar-refractivity contribution >= 4 is 15.9 Å². The summed E-state index contributed by atoms with van der Waals surface area (Å²) >= 11 is 0. The van der Waals surface area contributed by atoms with Gasteiger partial charge in [-0.3, -0.25) is 9.78 Å². The van der Waals surface area contributed by atoms with Crippen molar-refractivity contribution in [3.8, 4) is 5.75 Å². The van der Waals surface area contributed by atoms with Crippen LogP contribution in [0, 0.1) is 0 Å². The van der Waals surface area contributed by atoms with Crippen molar-refractivity contribution in [2.75, 3.05) is 26.5 Å².